The van der Waals surface area contributed by atoms with Gasteiger partial charge in [0, 0.05) is 31.6 Å². The van der Waals surface area contributed by atoms with E-state index in [0.29, 0.717) is 18.9 Å². The summed E-state index contributed by atoms with van der Waals surface area (Å²) in [6.45, 7) is 6.04. The molecule has 1 heterocycles. The highest BCUT2D eigenvalue weighted by Gasteiger charge is 2.19. The zero-order valence-corrected chi connectivity index (χ0v) is 17.7. The molecule has 156 valence electrons. The van der Waals surface area contributed by atoms with E-state index in [-0.39, 0.29) is 0 Å². The second-order valence-electron chi connectivity index (χ2n) is 8.05. The largest absolute Gasteiger partial charge is 0.489 e. The van der Waals surface area contributed by atoms with Gasteiger partial charge in [0.05, 0.1) is 0 Å². The quantitative estimate of drug-likeness (QED) is 0.521. The van der Waals surface area contributed by atoms with Gasteiger partial charge in [0.1, 0.15) is 12.4 Å². The minimum Gasteiger partial charge on any atom is -0.489 e. The lowest BCUT2D eigenvalue weighted by molar-refractivity contribution is -0.127. The topological polar surface area (TPSA) is 41.6 Å². The number of carbonyl (C=O) groups excluding carboxylic acids is 1. The third kappa shape index (κ3) is 5.00. The summed E-state index contributed by atoms with van der Waals surface area (Å²) in [4.78, 5) is 13.7. The van der Waals surface area contributed by atoms with E-state index < -0.39 is 0 Å². The first-order valence-corrected chi connectivity index (χ1v) is 10.9. The minimum atomic E-state index is 0.302. The van der Waals surface area contributed by atoms with E-state index in [4.69, 9.17) is 4.74 Å². The van der Waals surface area contributed by atoms with Gasteiger partial charge in [0.25, 0.3) is 0 Å². The molecule has 0 aliphatic carbocycles. The number of aryl methyl sites for hydroxylation is 1. The van der Waals surface area contributed by atoms with E-state index in [2.05, 4.69) is 72.9 Å². The van der Waals surface area contributed by atoms with E-state index in [1.807, 2.05) is 4.90 Å². The first-order valence-electron chi connectivity index (χ1n) is 10.9. The highest BCUT2D eigenvalue weighted by atomic mass is 16.5. The fourth-order valence-corrected chi connectivity index (χ4v) is 4.03. The molecule has 1 fully saturated rings. The number of hydrogen-bond acceptors (Lipinski definition) is 3. The number of nitrogens with one attached hydrogen (secondary N) is 1. The molecule has 3 aromatic carbocycles. The highest BCUT2D eigenvalue weighted by Crippen LogP contribution is 2.29. The van der Waals surface area contributed by atoms with Crippen LogP contribution in [0.4, 0.5) is 0 Å². The Morgan fingerprint density at radius 1 is 1.03 bits per heavy atom. The van der Waals surface area contributed by atoms with Crippen LogP contribution in [0.2, 0.25) is 0 Å². The molecule has 0 unspecified atom stereocenters. The maximum atomic E-state index is 11.7. The molecule has 4 heteroatoms. The zero-order chi connectivity index (χ0) is 20.8. The predicted octanol–water partition coefficient (Wildman–Crippen LogP) is 4.83. The van der Waals surface area contributed by atoms with Crippen molar-refractivity contribution in [2.24, 2.45) is 0 Å². The summed E-state index contributed by atoms with van der Waals surface area (Å²) in [7, 11) is 0. The Kier molecular flexibility index (Phi) is 6.65. The molecule has 1 amide bonds. The van der Waals surface area contributed by atoms with Gasteiger partial charge in [-0.3, -0.25) is 4.79 Å². The van der Waals surface area contributed by atoms with Crippen LogP contribution < -0.4 is 10.1 Å². The van der Waals surface area contributed by atoms with Crippen LogP contribution in [0.3, 0.4) is 0 Å². The molecule has 1 N–H and O–H groups in total. The average Bonchev–Trinajstić information content (AvgIpc) is 3.18. The molecule has 1 aliphatic heterocycles. The van der Waals surface area contributed by atoms with E-state index in [9.17, 15) is 4.79 Å². The summed E-state index contributed by atoms with van der Waals surface area (Å²) in [5, 5.41) is 6.01. The second kappa shape index (κ2) is 9.77. The van der Waals surface area contributed by atoms with E-state index in [1.54, 1.807) is 0 Å². The van der Waals surface area contributed by atoms with E-state index in [1.165, 1.54) is 27.5 Å². The maximum Gasteiger partial charge on any atom is 0.222 e. The zero-order valence-electron chi connectivity index (χ0n) is 17.7. The Morgan fingerprint density at radius 2 is 1.87 bits per heavy atom. The van der Waals surface area contributed by atoms with Crippen molar-refractivity contribution in [3.63, 3.8) is 0 Å². The lowest BCUT2D eigenvalue weighted by Crippen LogP contribution is -2.28. The average molecular weight is 403 g/mol. The lowest BCUT2D eigenvalue weighted by Gasteiger charge is -2.17. The SMILES string of the molecule is Cc1ccc(COc2ccc3ccccc3c2CNCCCN2CCCC2=O)cc1. The molecule has 0 bridgehead atoms. The Balaban J connectivity index is 1.40. The summed E-state index contributed by atoms with van der Waals surface area (Å²) < 4.78 is 6.23. The second-order valence-corrected chi connectivity index (χ2v) is 8.05. The summed E-state index contributed by atoms with van der Waals surface area (Å²) in [5.41, 5.74) is 3.62. The monoisotopic (exact) mass is 402 g/mol. The number of ether oxygens (including phenoxy) is 1. The van der Waals surface area contributed by atoms with Crippen LogP contribution in [0.5, 0.6) is 5.75 Å². The van der Waals surface area contributed by atoms with Gasteiger partial charge < -0.3 is 15.0 Å². The number of nitrogens with zero attached hydrogens (tertiary/aromatic N) is 1. The predicted molar refractivity (Wildman–Crippen MR) is 122 cm³/mol. The first-order chi connectivity index (χ1) is 14.7. The van der Waals surface area contributed by atoms with Gasteiger partial charge >= 0.3 is 0 Å². The summed E-state index contributed by atoms with van der Waals surface area (Å²) in [6.07, 6.45) is 2.69. The van der Waals surface area contributed by atoms with Crippen LogP contribution in [-0.2, 0) is 17.9 Å². The van der Waals surface area contributed by atoms with Crippen molar-refractivity contribution in [2.45, 2.75) is 39.3 Å². The molecule has 1 aliphatic rings. The van der Waals surface area contributed by atoms with Crippen molar-refractivity contribution in [1.29, 1.82) is 0 Å². The van der Waals surface area contributed by atoms with Crippen LogP contribution in [-0.4, -0.2) is 30.4 Å². The van der Waals surface area contributed by atoms with Crippen molar-refractivity contribution in [3.05, 3.63) is 77.4 Å². The number of carbonyl (C=O) groups is 1. The van der Waals surface area contributed by atoms with Crippen LogP contribution in [0, 0.1) is 6.92 Å². The smallest absolute Gasteiger partial charge is 0.222 e. The number of fused-ring (bicyclic) bond motifs is 1. The van der Waals surface area contributed by atoms with Gasteiger partial charge in [-0.15, -0.1) is 0 Å². The summed E-state index contributed by atoms with van der Waals surface area (Å²) in [6, 6.07) is 21.1. The molecule has 0 saturated carbocycles. The maximum absolute atomic E-state index is 11.7. The number of hydrogen-bond donors (Lipinski definition) is 1. The molecule has 4 rings (SSSR count). The van der Waals surface area contributed by atoms with Crippen LogP contribution in [0.1, 0.15) is 36.0 Å². The van der Waals surface area contributed by atoms with Crippen molar-refractivity contribution in [2.75, 3.05) is 19.6 Å². The minimum absolute atomic E-state index is 0.302. The third-order valence-electron chi connectivity index (χ3n) is 5.77. The number of likely N-dealkylation sites (tertiary alicyclic amines) is 1. The first kappa shape index (κ1) is 20.4. The lowest BCUT2D eigenvalue weighted by atomic mass is 10.0. The molecule has 0 radical (unpaired) electrons. The normalized spacial score (nSPS) is 13.9. The van der Waals surface area contributed by atoms with E-state index in [0.717, 1.165) is 44.8 Å². The molecular weight excluding hydrogens is 372 g/mol. The van der Waals surface area contributed by atoms with Crippen molar-refractivity contribution in [1.82, 2.24) is 10.2 Å². The van der Waals surface area contributed by atoms with Crippen molar-refractivity contribution >= 4 is 16.7 Å². The van der Waals surface area contributed by atoms with Crippen molar-refractivity contribution in [3.8, 4) is 5.75 Å². The van der Waals surface area contributed by atoms with Gasteiger partial charge in [-0.2, -0.15) is 0 Å². The highest BCUT2D eigenvalue weighted by molar-refractivity contribution is 5.87. The Morgan fingerprint density at radius 3 is 2.67 bits per heavy atom. The molecule has 3 aromatic rings. The third-order valence-corrected chi connectivity index (χ3v) is 5.77. The molecule has 0 atom stereocenters. The van der Waals surface area contributed by atoms with Gasteiger partial charge in [-0.1, -0.05) is 60.2 Å². The molecule has 30 heavy (non-hydrogen) atoms. The Bertz CT molecular complexity index is 998. The van der Waals surface area contributed by atoms with Gasteiger partial charge in [-0.05, 0) is 48.7 Å². The van der Waals surface area contributed by atoms with Gasteiger partial charge in [0.15, 0.2) is 0 Å². The Labute approximate surface area is 178 Å². The fraction of sp³-hybridized carbons (Fsp3) is 0.346. The van der Waals surface area contributed by atoms with Gasteiger partial charge in [-0.25, -0.2) is 0 Å². The molecule has 0 spiro atoms. The van der Waals surface area contributed by atoms with Crippen molar-refractivity contribution < 1.29 is 9.53 Å². The van der Waals surface area contributed by atoms with Crippen LogP contribution >= 0.6 is 0 Å². The molecule has 0 aromatic heterocycles. The Hall–Kier alpha value is -2.85. The molecular formula is C26H30N2O2. The molecule has 4 nitrogen and oxygen atoms in total. The van der Waals surface area contributed by atoms with Gasteiger partial charge in [0.2, 0.25) is 5.91 Å². The molecule has 1 saturated heterocycles. The van der Waals surface area contributed by atoms with Crippen LogP contribution in [0.15, 0.2) is 60.7 Å². The van der Waals surface area contributed by atoms with Crippen LogP contribution in [0.25, 0.3) is 10.8 Å². The number of rotatable bonds is 9. The number of amides is 1. The standard InChI is InChI=1S/C26H30N2O2/c1-20-9-11-21(12-10-20)19-30-25-14-13-22-6-2-3-7-23(22)24(25)18-27-15-5-17-28-16-4-8-26(28)29/h2-3,6-7,9-14,27H,4-5,8,15-19H2,1H3. The fourth-order valence-electron chi connectivity index (χ4n) is 4.03. The summed E-state index contributed by atoms with van der Waals surface area (Å²) in [5.74, 6) is 1.23. The summed E-state index contributed by atoms with van der Waals surface area (Å²) >= 11 is 0. The number of benzene rings is 3. The van der Waals surface area contributed by atoms with E-state index >= 15 is 0 Å².